The Morgan fingerprint density at radius 3 is 2.67 bits per heavy atom. The van der Waals surface area contributed by atoms with Crippen molar-refractivity contribution in [1.29, 1.82) is 0 Å². The van der Waals surface area contributed by atoms with Gasteiger partial charge in [0.2, 0.25) is 0 Å². The van der Waals surface area contributed by atoms with E-state index in [-0.39, 0.29) is 0 Å². The van der Waals surface area contributed by atoms with Crippen LogP contribution in [0.2, 0.25) is 0 Å². The predicted molar refractivity (Wildman–Crippen MR) is 87.8 cm³/mol. The minimum atomic E-state index is -0.769. The molecule has 4 heteroatoms. The molecule has 0 amide bonds. The highest BCUT2D eigenvalue weighted by Gasteiger charge is 2.26. The molecule has 3 nitrogen and oxygen atoms in total. The SMILES string of the molecule is CC(C)(CCCOc1ccc2ccccc2c1Br)C(=O)O. The minimum Gasteiger partial charge on any atom is -0.492 e. The summed E-state index contributed by atoms with van der Waals surface area (Å²) in [6, 6.07) is 12.1. The summed E-state index contributed by atoms with van der Waals surface area (Å²) in [6.45, 7) is 3.98. The van der Waals surface area contributed by atoms with Crippen molar-refractivity contribution in [2.45, 2.75) is 26.7 Å². The number of carbonyl (C=O) groups is 1. The molecular weight excluding hydrogens is 332 g/mol. The van der Waals surface area contributed by atoms with Gasteiger partial charge in [-0.25, -0.2) is 0 Å². The molecule has 0 radical (unpaired) electrons. The van der Waals surface area contributed by atoms with E-state index in [0.29, 0.717) is 19.4 Å². The van der Waals surface area contributed by atoms with E-state index >= 15 is 0 Å². The maximum Gasteiger partial charge on any atom is 0.309 e. The smallest absolute Gasteiger partial charge is 0.309 e. The molecule has 0 aromatic heterocycles. The molecule has 0 fully saturated rings. The van der Waals surface area contributed by atoms with Crippen molar-refractivity contribution in [2.24, 2.45) is 5.41 Å². The van der Waals surface area contributed by atoms with Crippen LogP contribution in [0, 0.1) is 5.41 Å². The first-order chi connectivity index (χ1) is 9.92. The maximum atomic E-state index is 11.0. The van der Waals surface area contributed by atoms with Crippen LogP contribution in [0.25, 0.3) is 10.8 Å². The zero-order valence-corrected chi connectivity index (χ0v) is 13.8. The van der Waals surface area contributed by atoms with E-state index in [9.17, 15) is 4.79 Å². The van der Waals surface area contributed by atoms with E-state index in [4.69, 9.17) is 9.84 Å². The van der Waals surface area contributed by atoms with Crippen LogP contribution in [-0.2, 0) is 4.79 Å². The quantitative estimate of drug-likeness (QED) is 0.755. The van der Waals surface area contributed by atoms with E-state index in [0.717, 1.165) is 21.0 Å². The maximum absolute atomic E-state index is 11.0. The standard InChI is InChI=1S/C17H19BrO3/c1-17(2,16(19)20)10-5-11-21-14-9-8-12-6-3-4-7-13(12)15(14)18/h3-4,6-9H,5,10-11H2,1-2H3,(H,19,20). The summed E-state index contributed by atoms with van der Waals surface area (Å²) in [7, 11) is 0. The van der Waals surface area contributed by atoms with Crippen molar-refractivity contribution in [3.05, 3.63) is 40.9 Å². The van der Waals surface area contributed by atoms with Crippen LogP contribution in [-0.4, -0.2) is 17.7 Å². The third kappa shape index (κ3) is 3.76. The molecule has 1 N–H and O–H groups in total. The van der Waals surface area contributed by atoms with Crippen molar-refractivity contribution in [3.8, 4) is 5.75 Å². The Balaban J connectivity index is 1.98. The normalized spacial score (nSPS) is 11.6. The van der Waals surface area contributed by atoms with Gasteiger partial charge in [-0.3, -0.25) is 4.79 Å². The number of hydrogen-bond donors (Lipinski definition) is 1. The van der Waals surface area contributed by atoms with E-state index in [1.165, 1.54) is 0 Å². The Hall–Kier alpha value is -1.55. The summed E-state index contributed by atoms with van der Waals surface area (Å²) in [5.74, 6) is 0.0243. The second-order valence-corrected chi connectivity index (χ2v) is 6.53. The first kappa shape index (κ1) is 15.8. The Bertz CT molecular complexity index is 650. The van der Waals surface area contributed by atoms with Crippen LogP contribution in [0.1, 0.15) is 26.7 Å². The lowest BCUT2D eigenvalue weighted by Crippen LogP contribution is -2.24. The Labute approximate surface area is 133 Å². The van der Waals surface area contributed by atoms with Crippen molar-refractivity contribution in [1.82, 2.24) is 0 Å². The molecule has 0 aliphatic rings. The Morgan fingerprint density at radius 1 is 1.24 bits per heavy atom. The Kier molecular flexibility index (Phi) is 4.88. The molecule has 0 atom stereocenters. The number of benzene rings is 2. The molecule has 0 heterocycles. The van der Waals surface area contributed by atoms with Crippen molar-refractivity contribution in [3.63, 3.8) is 0 Å². The van der Waals surface area contributed by atoms with Gasteiger partial charge >= 0.3 is 5.97 Å². The number of hydrogen-bond acceptors (Lipinski definition) is 2. The van der Waals surface area contributed by atoms with Gasteiger partial charge in [0.25, 0.3) is 0 Å². The van der Waals surface area contributed by atoms with Gasteiger partial charge in [0.15, 0.2) is 0 Å². The monoisotopic (exact) mass is 350 g/mol. The van der Waals surface area contributed by atoms with Crippen LogP contribution < -0.4 is 4.74 Å². The average molecular weight is 351 g/mol. The van der Waals surface area contributed by atoms with Crippen molar-refractivity contribution in [2.75, 3.05) is 6.61 Å². The summed E-state index contributed by atoms with van der Waals surface area (Å²) >= 11 is 3.58. The summed E-state index contributed by atoms with van der Waals surface area (Å²) in [5, 5.41) is 11.3. The summed E-state index contributed by atoms with van der Waals surface area (Å²) in [4.78, 5) is 11.0. The zero-order valence-electron chi connectivity index (χ0n) is 12.2. The number of aliphatic carboxylic acids is 1. The fraction of sp³-hybridized carbons (Fsp3) is 0.353. The highest BCUT2D eigenvalue weighted by Crippen LogP contribution is 2.33. The number of rotatable bonds is 6. The lowest BCUT2D eigenvalue weighted by molar-refractivity contribution is -0.147. The number of carboxylic acids is 1. The molecule has 0 spiro atoms. The largest absolute Gasteiger partial charge is 0.492 e. The van der Waals surface area contributed by atoms with Gasteiger partial charge in [-0.15, -0.1) is 0 Å². The number of halogens is 1. The van der Waals surface area contributed by atoms with Gasteiger partial charge in [-0.1, -0.05) is 30.3 Å². The molecule has 0 saturated carbocycles. The third-order valence-corrected chi connectivity index (χ3v) is 4.43. The topological polar surface area (TPSA) is 46.5 Å². The van der Waals surface area contributed by atoms with E-state index < -0.39 is 11.4 Å². The van der Waals surface area contributed by atoms with Gasteiger partial charge in [0.1, 0.15) is 5.75 Å². The van der Waals surface area contributed by atoms with Crippen molar-refractivity contribution < 1.29 is 14.6 Å². The lowest BCUT2D eigenvalue weighted by Gasteiger charge is -2.19. The minimum absolute atomic E-state index is 0.508. The Morgan fingerprint density at radius 2 is 1.95 bits per heavy atom. The third-order valence-electron chi connectivity index (χ3n) is 3.61. The molecule has 0 saturated heterocycles. The molecule has 2 aromatic carbocycles. The molecule has 2 aromatic rings. The first-order valence-corrected chi connectivity index (χ1v) is 7.74. The summed E-state index contributed by atoms with van der Waals surface area (Å²) in [6.07, 6.45) is 1.30. The number of ether oxygens (including phenoxy) is 1. The molecule has 21 heavy (non-hydrogen) atoms. The number of fused-ring (bicyclic) bond motifs is 1. The molecule has 0 unspecified atom stereocenters. The summed E-state index contributed by atoms with van der Waals surface area (Å²) in [5.41, 5.74) is -0.704. The van der Waals surface area contributed by atoms with Crippen LogP contribution in [0.5, 0.6) is 5.75 Å². The highest BCUT2D eigenvalue weighted by atomic mass is 79.9. The highest BCUT2D eigenvalue weighted by molar-refractivity contribution is 9.10. The van der Waals surface area contributed by atoms with Crippen molar-refractivity contribution >= 4 is 32.7 Å². The van der Waals surface area contributed by atoms with Crippen LogP contribution >= 0.6 is 15.9 Å². The molecule has 0 aliphatic heterocycles. The van der Waals surface area contributed by atoms with Crippen LogP contribution in [0.4, 0.5) is 0 Å². The van der Waals surface area contributed by atoms with Gasteiger partial charge in [-0.05, 0) is 59.5 Å². The molecule has 0 bridgehead atoms. The van der Waals surface area contributed by atoms with Crippen LogP contribution in [0.15, 0.2) is 40.9 Å². The first-order valence-electron chi connectivity index (χ1n) is 6.95. The van der Waals surface area contributed by atoms with Crippen LogP contribution in [0.3, 0.4) is 0 Å². The fourth-order valence-electron chi connectivity index (χ4n) is 2.13. The van der Waals surface area contributed by atoms with Gasteiger partial charge < -0.3 is 9.84 Å². The van der Waals surface area contributed by atoms with E-state index in [1.807, 2.05) is 30.3 Å². The zero-order chi connectivity index (χ0) is 15.5. The predicted octanol–water partition coefficient (Wildman–Crippen LogP) is 4.87. The molecular formula is C17H19BrO3. The second kappa shape index (κ2) is 6.48. The molecule has 2 rings (SSSR count). The lowest BCUT2D eigenvalue weighted by atomic mass is 9.88. The van der Waals surface area contributed by atoms with E-state index in [2.05, 4.69) is 22.0 Å². The number of carboxylic acid groups (broad SMARTS) is 1. The van der Waals surface area contributed by atoms with E-state index in [1.54, 1.807) is 13.8 Å². The van der Waals surface area contributed by atoms with Gasteiger partial charge in [0, 0.05) is 0 Å². The van der Waals surface area contributed by atoms with Gasteiger partial charge in [-0.2, -0.15) is 0 Å². The molecule has 112 valence electrons. The summed E-state index contributed by atoms with van der Waals surface area (Å²) < 4.78 is 6.72. The second-order valence-electron chi connectivity index (χ2n) is 5.74. The average Bonchev–Trinajstić information content (AvgIpc) is 2.45. The fourth-order valence-corrected chi connectivity index (χ4v) is 2.74. The molecule has 0 aliphatic carbocycles. The van der Waals surface area contributed by atoms with Gasteiger partial charge in [0.05, 0.1) is 16.5 Å².